The third-order valence-electron chi connectivity index (χ3n) is 8.72. The van der Waals surface area contributed by atoms with Gasteiger partial charge in [-0.1, -0.05) is 23.3 Å². The summed E-state index contributed by atoms with van der Waals surface area (Å²) in [5.74, 6) is -1.55. The average molecular weight is 615 g/mol. The van der Waals surface area contributed by atoms with Crippen LogP contribution in [0.2, 0.25) is 0 Å². The molecule has 0 spiro atoms. The van der Waals surface area contributed by atoms with Gasteiger partial charge in [0.1, 0.15) is 48.8 Å². The first-order valence-corrected chi connectivity index (χ1v) is 14.2. The molecule has 14 heteroatoms. The normalized spacial score (nSPS) is 37.0. The monoisotopic (exact) mass is 614 g/mol. The van der Waals surface area contributed by atoms with Crippen molar-refractivity contribution < 1.29 is 59.9 Å². The van der Waals surface area contributed by atoms with E-state index in [-0.39, 0.29) is 22.5 Å². The summed E-state index contributed by atoms with van der Waals surface area (Å²) in [5.41, 5.74) is 2.38. The van der Waals surface area contributed by atoms with Crippen molar-refractivity contribution in [2.45, 2.75) is 75.1 Å². The third kappa shape index (κ3) is 4.49. The van der Waals surface area contributed by atoms with Crippen LogP contribution < -0.4 is 9.80 Å². The Morgan fingerprint density at radius 1 is 0.591 bits per heavy atom. The molecule has 44 heavy (non-hydrogen) atoms. The summed E-state index contributed by atoms with van der Waals surface area (Å²) in [6.45, 7) is 2.13. The first-order chi connectivity index (χ1) is 20.9. The van der Waals surface area contributed by atoms with Crippen molar-refractivity contribution in [3.05, 3.63) is 58.7 Å². The number of nitrogens with zero attached hydrogens (tertiary/aromatic N) is 2. The highest BCUT2D eigenvalue weighted by atomic mass is 16.6. The number of hydrogen-bond donors (Lipinski definition) is 8. The van der Waals surface area contributed by atoms with Crippen LogP contribution >= 0.6 is 0 Å². The predicted molar refractivity (Wildman–Crippen MR) is 152 cm³/mol. The fourth-order valence-electron chi connectivity index (χ4n) is 6.39. The van der Waals surface area contributed by atoms with E-state index in [9.17, 15) is 50.4 Å². The number of amides is 2. The van der Waals surface area contributed by atoms with E-state index >= 15 is 0 Å². The summed E-state index contributed by atoms with van der Waals surface area (Å²) >= 11 is 0. The van der Waals surface area contributed by atoms with Crippen LogP contribution in [0.3, 0.4) is 0 Å². The van der Waals surface area contributed by atoms with Gasteiger partial charge in [0.2, 0.25) is 0 Å². The molecule has 2 aromatic rings. The number of hydrogen-bond acceptors (Lipinski definition) is 12. The number of aliphatic hydroxyl groups is 8. The minimum Gasteiger partial charge on any atom is -0.394 e. The molecule has 4 aliphatic rings. The zero-order valence-corrected chi connectivity index (χ0v) is 23.8. The van der Waals surface area contributed by atoms with E-state index in [1.165, 1.54) is 0 Å². The molecule has 2 aromatic carbocycles. The molecule has 0 unspecified atom stereocenters. The second-order valence-corrected chi connectivity index (χ2v) is 11.6. The van der Waals surface area contributed by atoms with Gasteiger partial charge in [-0.25, -0.2) is 0 Å². The van der Waals surface area contributed by atoms with Crippen molar-refractivity contribution in [3.63, 3.8) is 0 Å². The number of ether oxygens (including phenoxy) is 2. The highest BCUT2D eigenvalue weighted by Gasteiger charge is 2.54. The van der Waals surface area contributed by atoms with Crippen molar-refractivity contribution in [3.8, 4) is 0 Å². The SMILES string of the molecule is Cc1ccc2c(c1)/C(=C1/C(=O)N([C@@H]3O[C@H](CO)[C@@H](O)[C@H](O)[C@@H]3O)c3ccc(C)cc31)C(=O)N2[C@@H]1O[C@H](CO)[C@@H](O)[C@H](O)[C@@H]1O. The van der Waals surface area contributed by atoms with Crippen molar-refractivity contribution >= 4 is 34.3 Å². The predicted octanol–water partition coefficient (Wildman–Crippen LogP) is -2.49. The maximum Gasteiger partial charge on any atom is 0.262 e. The first-order valence-electron chi connectivity index (χ1n) is 14.2. The fraction of sp³-hybridized carbons (Fsp3) is 0.467. The number of rotatable bonds is 4. The highest BCUT2D eigenvalue weighted by Crippen LogP contribution is 2.49. The van der Waals surface area contributed by atoms with Crippen molar-refractivity contribution in [1.29, 1.82) is 0 Å². The van der Waals surface area contributed by atoms with Crippen LogP contribution in [-0.2, 0) is 19.1 Å². The van der Waals surface area contributed by atoms with Gasteiger partial charge in [0.05, 0.1) is 35.7 Å². The van der Waals surface area contributed by atoms with Crippen LogP contribution in [-0.4, -0.2) is 127 Å². The summed E-state index contributed by atoms with van der Waals surface area (Å²) in [4.78, 5) is 30.9. The van der Waals surface area contributed by atoms with E-state index in [1.54, 1.807) is 50.2 Å². The molecule has 236 valence electrons. The number of anilines is 2. The molecule has 0 radical (unpaired) electrons. The molecule has 6 rings (SSSR count). The largest absolute Gasteiger partial charge is 0.394 e. The maximum absolute atomic E-state index is 14.4. The van der Waals surface area contributed by atoms with E-state index < -0.39 is 86.3 Å². The van der Waals surface area contributed by atoms with Crippen LogP contribution in [0.5, 0.6) is 0 Å². The van der Waals surface area contributed by atoms with E-state index in [0.717, 1.165) is 20.9 Å². The van der Waals surface area contributed by atoms with Crippen molar-refractivity contribution in [1.82, 2.24) is 0 Å². The van der Waals surface area contributed by atoms with Gasteiger partial charge in [-0.3, -0.25) is 19.4 Å². The average Bonchev–Trinajstić information content (AvgIpc) is 3.43. The Bertz CT molecular complexity index is 1410. The number of carbonyl (C=O) groups excluding carboxylic acids is 2. The van der Waals surface area contributed by atoms with E-state index in [2.05, 4.69) is 0 Å². The van der Waals surface area contributed by atoms with Gasteiger partial charge in [0, 0.05) is 11.1 Å². The molecule has 2 fully saturated rings. The smallest absolute Gasteiger partial charge is 0.262 e. The van der Waals surface area contributed by atoms with Crippen LogP contribution in [0.1, 0.15) is 22.3 Å². The minimum atomic E-state index is -1.78. The first kappa shape index (κ1) is 30.7. The van der Waals surface area contributed by atoms with Gasteiger partial charge < -0.3 is 50.3 Å². The number of aliphatic hydroxyl groups excluding tert-OH is 8. The number of aryl methyl sites for hydroxylation is 2. The molecule has 2 saturated heterocycles. The maximum atomic E-state index is 14.4. The molecule has 10 atom stereocenters. The summed E-state index contributed by atoms with van der Waals surface area (Å²) < 4.78 is 11.4. The molecule has 4 aliphatic heterocycles. The van der Waals surface area contributed by atoms with Gasteiger partial charge in [0.15, 0.2) is 12.5 Å². The highest BCUT2D eigenvalue weighted by molar-refractivity contribution is 6.50. The molecule has 14 nitrogen and oxygen atoms in total. The molecule has 2 amide bonds. The molecular formula is C30H34N2O12. The third-order valence-corrected chi connectivity index (χ3v) is 8.72. The van der Waals surface area contributed by atoms with Gasteiger partial charge in [0.25, 0.3) is 11.8 Å². The number of fused-ring (bicyclic) bond motifs is 2. The number of carbonyl (C=O) groups is 2. The van der Waals surface area contributed by atoms with Gasteiger partial charge >= 0.3 is 0 Å². The Hall–Kier alpha value is -3.28. The zero-order valence-electron chi connectivity index (χ0n) is 23.8. The molecule has 0 aromatic heterocycles. The summed E-state index contributed by atoms with van der Waals surface area (Å²) in [5, 5.41) is 82.9. The topological polar surface area (TPSA) is 221 Å². The lowest BCUT2D eigenvalue weighted by molar-refractivity contribution is -0.228. The Balaban J connectivity index is 1.52. The fourth-order valence-corrected chi connectivity index (χ4v) is 6.39. The Morgan fingerprint density at radius 3 is 1.30 bits per heavy atom. The summed E-state index contributed by atoms with van der Waals surface area (Å²) in [7, 11) is 0. The number of benzene rings is 2. The van der Waals surface area contributed by atoms with E-state index in [0.29, 0.717) is 11.1 Å². The van der Waals surface area contributed by atoms with Gasteiger partial charge in [-0.2, -0.15) is 0 Å². The Morgan fingerprint density at radius 2 is 0.955 bits per heavy atom. The summed E-state index contributed by atoms with van der Waals surface area (Å²) in [6.07, 6.45) is -16.1. The molecule has 0 bridgehead atoms. The quantitative estimate of drug-likeness (QED) is 0.168. The molecule has 0 saturated carbocycles. The minimum absolute atomic E-state index is 0.0791. The van der Waals surface area contributed by atoms with Crippen LogP contribution in [0, 0.1) is 13.8 Å². The molecule has 8 N–H and O–H groups in total. The molecular weight excluding hydrogens is 580 g/mol. The Kier molecular flexibility index (Phi) is 7.87. The van der Waals surface area contributed by atoms with E-state index in [4.69, 9.17) is 9.47 Å². The zero-order chi connectivity index (χ0) is 31.8. The lowest BCUT2D eigenvalue weighted by Crippen LogP contribution is -2.64. The second kappa shape index (κ2) is 11.3. The standard InChI is InChI=1S/C30H34N2O12/c1-11-3-5-15-13(7-11)19(27(41)31(15)29-25(39)23(37)21(35)17(9-33)43-29)20-14-8-12(2)4-6-16(14)32(28(20)42)30-26(40)24(38)22(36)18(10-34)44-30/h3-8,17-18,21-26,29-30,33-40H,9-10H2,1-2H3/b20-19-/t17-,18-,21-,22-,23+,24+,25+,26+,29-,30-/m1/s1. The van der Waals surface area contributed by atoms with Crippen LogP contribution in [0.15, 0.2) is 36.4 Å². The van der Waals surface area contributed by atoms with Crippen LogP contribution in [0.4, 0.5) is 11.4 Å². The van der Waals surface area contributed by atoms with Crippen molar-refractivity contribution in [2.75, 3.05) is 23.0 Å². The van der Waals surface area contributed by atoms with Gasteiger partial charge in [-0.15, -0.1) is 0 Å². The summed E-state index contributed by atoms with van der Waals surface area (Å²) in [6, 6.07) is 9.90. The molecule has 0 aliphatic carbocycles. The lowest BCUT2D eigenvalue weighted by atomic mass is 9.94. The van der Waals surface area contributed by atoms with Gasteiger partial charge in [-0.05, 0) is 38.1 Å². The molecule has 4 heterocycles. The lowest BCUT2D eigenvalue weighted by Gasteiger charge is -2.43. The van der Waals surface area contributed by atoms with E-state index in [1.807, 2.05) is 0 Å². The second-order valence-electron chi connectivity index (χ2n) is 11.6. The van der Waals surface area contributed by atoms with Crippen LogP contribution in [0.25, 0.3) is 11.1 Å². The Labute approximate surface area is 251 Å². The van der Waals surface area contributed by atoms with Crippen molar-refractivity contribution in [2.24, 2.45) is 0 Å².